The van der Waals surface area contributed by atoms with Crippen LogP contribution >= 0.6 is 11.8 Å². The van der Waals surface area contributed by atoms with Crippen LogP contribution in [0.1, 0.15) is 14.3 Å². The van der Waals surface area contributed by atoms with Crippen molar-refractivity contribution in [2.24, 2.45) is 9.98 Å². The van der Waals surface area contributed by atoms with Gasteiger partial charge in [-0.25, -0.2) is 4.39 Å². The highest BCUT2D eigenvalue weighted by molar-refractivity contribution is 8.05. The van der Waals surface area contributed by atoms with Crippen LogP contribution in [-0.4, -0.2) is 35.8 Å². The minimum absolute atomic E-state index is 0. The molecule has 0 aromatic heterocycles. The molecule has 1 N–H and O–H groups in total. The Morgan fingerprint density at radius 1 is 1.32 bits per heavy atom. The summed E-state index contributed by atoms with van der Waals surface area (Å²) in [6, 6.07) is 0.0507. The van der Waals surface area contributed by atoms with Crippen molar-refractivity contribution >= 4 is 23.4 Å². The Balaban J connectivity index is 0.00000196. The van der Waals surface area contributed by atoms with Crippen molar-refractivity contribution in [1.29, 1.82) is 0 Å². The van der Waals surface area contributed by atoms with Crippen LogP contribution in [0.3, 0.4) is 0 Å². The molecule has 1 unspecified atom stereocenters. The highest BCUT2D eigenvalue weighted by Gasteiger charge is 2.31. The first kappa shape index (κ1) is 16.1. The maximum absolute atomic E-state index is 13.4. The van der Waals surface area contributed by atoms with Crippen LogP contribution in [0.15, 0.2) is 80.3 Å². The smallest absolute Gasteiger partial charge is 0.143 e. The van der Waals surface area contributed by atoms with Gasteiger partial charge >= 0.3 is 0 Å². The number of hydrazine groups is 1. The Morgan fingerprint density at radius 3 is 3.16 bits per heavy atom. The van der Waals surface area contributed by atoms with Crippen molar-refractivity contribution in [1.82, 2.24) is 10.4 Å². The van der Waals surface area contributed by atoms with Gasteiger partial charge in [-0.15, -0.1) is 11.8 Å². The summed E-state index contributed by atoms with van der Waals surface area (Å²) in [5.74, 6) is 1.59. The molecule has 0 radical (unpaired) electrons. The molecular formula is C19H21FN4S. The van der Waals surface area contributed by atoms with E-state index in [4.69, 9.17) is 0 Å². The normalized spacial score (nSPS) is 26.5. The van der Waals surface area contributed by atoms with Crippen LogP contribution in [0, 0.1) is 0 Å². The van der Waals surface area contributed by atoms with Crippen molar-refractivity contribution in [2.45, 2.75) is 18.9 Å². The van der Waals surface area contributed by atoms with Gasteiger partial charge in [0, 0.05) is 12.8 Å². The number of halogens is 1. The zero-order valence-corrected chi connectivity index (χ0v) is 14.5. The number of rotatable bonds is 3. The monoisotopic (exact) mass is 356 g/mol. The number of fused-ring (bicyclic) bond motifs is 1. The molecule has 6 heteroatoms. The average molecular weight is 356 g/mol. The fourth-order valence-corrected chi connectivity index (χ4v) is 3.68. The first-order valence-corrected chi connectivity index (χ1v) is 9.24. The molecule has 25 heavy (non-hydrogen) atoms. The Kier molecular flexibility index (Phi) is 4.70. The third-order valence-corrected chi connectivity index (χ3v) is 5.20. The third kappa shape index (κ3) is 3.69. The van der Waals surface area contributed by atoms with Gasteiger partial charge in [-0.05, 0) is 35.6 Å². The van der Waals surface area contributed by atoms with Gasteiger partial charge in [0.1, 0.15) is 17.5 Å². The molecule has 3 heterocycles. The fourth-order valence-electron chi connectivity index (χ4n) is 2.97. The Bertz CT molecular complexity index is 804. The second kappa shape index (κ2) is 7.27. The predicted molar refractivity (Wildman–Crippen MR) is 105 cm³/mol. The molecule has 0 saturated heterocycles. The molecule has 0 aromatic carbocycles. The van der Waals surface area contributed by atoms with Gasteiger partial charge in [-0.1, -0.05) is 30.4 Å². The van der Waals surface area contributed by atoms with Gasteiger partial charge in [0.2, 0.25) is 0 Å². The van der Waals surface area contributed by atoms with Crippen LogP contribution in [0.25, 0.3) is 0 Å². The molecule has 1 aliphatic carbocycles. The molecule has 3 aliphatic heterocycles. The van der Waals surface area contributed by atoms with E-state index in [0.717, 1.165) is 23.7 Å². The van der Waals surface area contributed by atoms with Crippen molar-refractivity contribution in [2.75, 3.05) is 13.1 Å². The summed E-state index contributed by atoms with van der Waals surface area (Å²) < 4.78 is 13.4. The van der Waals surface area contributed by atoms with E-state index in [1.54, 1.807) is 17.8 Å². The summed E-state index contributed by atoms with van der Waals surface area (Å²) in [6.07, 6.45) is 16.8. The van der Waals surface area contributed by atoms with Crippen LogP contribution in [0.5, 0.6) is 0 Å². The summed E-state index contributed by atoms with van der Waals surface area (Å²) in [6.45, 7) is 1.32. The van der Waals surface area contributed by atoms with Crippen molar-refractivity contribution in [3.8, 4) is 0 Å². The van der Waals surface area contributed by atoms with E-state index in [0.29, 0.717) is 19.5 Å². The standard InChI is InChI=1S/C19H19FN4S.H2/c20-15-5-3-4-14(7-8-15)17-13-22-19-10-9-18(23-24(17)19)21-12-16-6-1-2-11-25-16;/h2-4,6-11,17H,1,5,12-13H2,(H,21,23);1H. The first-order chi connectivity index (χ1) is 12.3. The van der Waals surface area contributed by atoms with Crippen molar-refractivity contribution in [3.63, 3.8) is 0 Å². The van der Waals surface area contributed by atoms with Gasteiger partial charge in [-0.3, -0.25) is 20.4 Å². The zero-order valence-electron chi connectivity index (χ0n) is 13.7. The lowest BCUT2D eigenvalue weighted by molar-refractivity contribution is 0.342. The van der Waals surface area contributed by atoms with Crippen molar-refractivity contribution in [3.05, 3.63) is 70.3 Å². The minimum atomic E-state index is -0.119. The SMILES string of the molecule is FC1=CC=C(C2CN=C3C=CC(=NCC4=CCC=CS4)NN32)C=CC1.[HH]. The molecule has 0 bridgehead atoms. The average Bonchev–Trinajstić information content (AvgIpc) is 2.95. The predicted octanol–water partition coefficient (Wildman–Crippen LogP) is 4.06. The largest absolute Gasteiger partial charge is 0.280 e. The van der Waals surface area contributed by atoms with E-state index < -0.39 is 0 Å². The summed E-state index contributed by atoms with van der Waals surface area (Å²) in [5, 5.41) is 4.13. The molecule has 0 fully saturated rings. The molecule has 130 valence electrons. The van der Waals surface area contributed by atoms with Crippen LogP contribution in [0.2, 0.25) is 0 Å². The van der Waals surface area contributed by atoms with Gasteiger partial charge in [0.05, 0.1) is 19.1 Å². The summed E-state index contributed by atoms with van der Waals surface area (Å²) in [5.41, 5.74) is 4.40. The first-order valence-electron chi connectivity index (χ1n) is 8.36. The van der Waals surface area contributed by atoms with Gasteiger partial charge < -0.3 is 0 Å². The second-order valence-electron chi connectivity index (χ2n) is 6.01. The quantitative estimate of drug-likeness (QED) is 0.829. The molecule has 4 rings (SSSR count). The number of aliphatic imine (C=N–C) groups is 2. The molecule has 0 amide bonds. The maximum atomic E-state index is 13.4. The number of nitrogens with zero attached hydrogens (tertiary/aromatic N) is 3. The Hall–Kier alpha value is -2.34. The molecule has 0 aromatic rings. The summed E-state index contributed by atoms with van der Waals surface area (Å²) in [4.78, 5) is 10.5. The lowest BCUT2D eigenvalue weighted by Gasteiger charge is -2.31. The highest BCUT2D eigenvalue weighted by Crippen LogP contribution is 2.24. The molecule has 4 nitrogen and oxygen atoms in total. The maximum Gasteiger partial charge on any atom is 0.143 e. The van der Waals surface area contributed by atoms with Gasteiger partial charge in [0.25, 0.3) is 0 Å². The van der Waals surface area contributed by atoms with E-state index >= 15 is 0 Å². The van der Waals surface area contributed by atoms with E-state index in [-0.39, 0.29) is 13.3 Å². The minimum Gasteiger partial charge on any atom is -0.280 e. The number of hydrogen-bond donors (Lipinski definition) is 1. The molecule has 0 saturated carbocycles. The number of hydrogen-bond acceptors (Lipinski definition) is 4. The lowest BCUT2D eigenvalue weighted by atomic mass is 10.1. The van der Waals surface area contributed by atoms with E-state index in [1.165, 1.54) is 4.91 Å². The number of amidine groups is 2. The van der Waals surface area contributed by atoms with Gasteiger partial charge in [0.15, 0.2) is 0 Å². The van der Waals surface area contributed by atoms with Crippen LogP contribution in [0.4, 0.5) is 4.39 Å². The highest BCUT2D eigenvalue weighted by atomic mass is 32.2. The van der Waals surface area contributed by atoms with Gasteiger partial charge in [-0.2, -0.15) is 0 Å². The second-order valence-corrected chi connectivity index (χ2v) is 7.05. The fraction of sp³-hybridized carbons (Fsp3) is 0.263. The lowest BCUT2D eigenvalue weighted by Crippen LogP contribution is -2.51. The molecule has 1 atom stereocenters. The number of allylic oxidation sites excluding steroid dienone is 6. The molecule has 0 spiro atoms. The Morgan fingerprint density at radius 2 is 2.28 bits per heavy atom. The number of nitrogens with one attached hydrogen (secondary N) is 1. The molecular weight excluding hydrogens is 335 g/mol. The van der Waals surface area contributed by atoms with Crippen molar-refractivity contribution < 1.29 is 5.82 Å². The molecule has 4 aliphatic rings. The van der Waals surface area contributed by atoms with E-state index in [1.807, 2.05) is 35.4 Å². The summed E-state index contributed by atoms with van der Waals surface area (Å²) >= 11 is 1.72. The zero-order chi connectivity index (χ0) is 17.1. The topological polar surface area (TPSA) is 40.0 Å². The summed E-state index contributed by atoms with van der Waals surface area (Å²) in [7, 11) is 0. The number of thioether (sulfide) groups is 1. The van der Waals surface area contributed by atoms with E-state index in [9.17, 15) is 4.39 Å². The third-order valence-electron chi connectivity index (χ3n) is 4.28. The Labute approximate surface area is 152 Å². The van der Waals surface area contributed by atoms with Crippen LogP contribution in [-0.2, 0) is 0 Å². The van der Waals surface area contributed by atoms with Crippen LogP contribution < -0.4 is 5.43 Å². The van der Waals surface area contributed by atoms with E-state index in [2.05, 4.69) is 33.0 Å².